The average molecular weight is 453 g/mol. The van der Waals surface area contributed by atoms with E-state index in [2.05, 4.69) is 20.6 Å². The Labute approximate surface area is 183 Å². The molecule has 4 rings (SSSR count). The zero-order valence-electron chi connectivity index (χ0n) is 17.7. The molecule has 1 saturated heterocycles. The number of halogens is 3. The lowest BCUT2D eigenvalue weighted by Gasteiger charge is -2.34. The van der Waals surface area contributed by atoms with Crippen molar-refractivity contribution in [1.82, 2.24) is 20.0 Å². The molecule has 2 aliphatic heterocycles. The first kappa shape index (κ1) is 22.4. The van der Waals surface area contributed by atoms with Gasteiger partial charge in [-0.05, 0) is 6.07 Å². The lowest BCUT2D eigenvalue weighted by atomic mass is 9.95. The van der Waals surface area contributed by atoms with Gasteiger partial charge < -0.3 is 20.1 Å². The fourth-order valence-corrected chi connectivity index (χ4v) is 4.13. The zero-order valence-corrected chi connectivity index (χ0v) is 17.7. The van der Waals surface area contributed by atoms with Crippen molar-refractivity contribution in [2.75, 3.05) is 51.8 Å². The largest absolute Gasteiger partial charge is 0.496 e. The number of rotatable bonds is 6. The van der Waals surface area contributed by atoms with Crippen LogP contribution in [0.1, 0.15) is 34.4 Å². The third-order valence-corrected chi connectivity index (χ3v) is 5.81. The summed E-state index contributed by atoms with van der Waals surface area (Å²) >= 11 is 0. The highest BCUT2D eigenvalue weighted by Gasteiger charge is 2.47. The molecule has 2 aliphatic rings. The Morgan fingerprint density at radius 1 is 1.31 bits per heavy atom. The van der Waals surface area contributed by atoms with Gasteiger partial charge in [0, 0.05) is 38.2 Å². The first-order valence-corrected chi connectivity index (χ1v) is 10.5. The maximum atomic E-state index is 13.9. The summed E-state index contributed by atoms with van der Waals surface area (Å²) in [5, 5.41) is 9.79. The molecule has 174 valence electrons. The third kappa shape index (κ3) is 4.68. The molecule has 2 unspecified atom stereocenters. The SMILES string of the molecule is COc1ccccc1C1CC(C(F)(F)F)n2ncc(C(=O)NCCN3CCOCC3)c2N1. The molecule has 32 heavy (non-hydrogen) atoms. The van der Waals surface area contributed by atoms with Crippen LogP contribution in [0, 0.1) is 0 Å². The smallest absolute Gasteiger partial charge is 0.410 e. The number of morpholine rings is 1. The number of benzene rings is 1. The topological polar surface area (TPSA) is 80.7 Å². The van der Waals surface area contributed by atoms with E-state index in [0.717, 1.165) is 17.8 Å². The minimum atomic E-state index is -4.52. The van der Waals surface area contributed by atoms with Gasteiger partial charge in [-0.25, -0.2) is 4.68 Å². The number of amides is 1. The second kappa shape index (κ2) is 9.37. The van der Waals surface area contributed by atoms with Crippen LogP contribution in [0.2, 0.25) is 0 Å². The molecule has 1 amide bonds. The molecule has 0 bridgehead atoms. The van der Waals surface area contributed by atoms with E-state index in [-0.39, 0.29) is 17.8 Å². The van der Waals surface area contributed by atoms with Gasteiger partial charge in [-0.1, -0.05) is 18.2 Å². The molecule has 11 heteroatoms. The van der Waals surface area contributed by atoms with E-state index < -0.39 is 24.2 Å². The Hall–Kier alpha value is -2.79. The van der Waals surface area contributed by atoms with Gasteiger partial charge >= 0.3 is 6.18 Å². The Kier molecular flexibility index (Phi) is 6.56. The lowest BCUT2D eigenvalue weighted by molar-refractivity contribution is -0.173. The second-order valence-electron chi connectivity index (χ2n) is 7.79. The Balaban J connectivity index is 1.55. The predicted molar refractivity (Wildman–Crippen MR) is 111 cm³/mol. The van der Waals surface area contributed by atoms with E-state index in [1.807, 2.05) is 0 Å². The average Bonchev–Trinajstić information content (AvgIpc) is 3.22. The van der Waals surface area contributed by atoms with Crippen molar-refractivity contribution in [3.8, 4) is 5.75 Å². The molecule has 8 nitrogen and oxygen atoms in total. The standard InChI is InChI=1S/C21H26F3N5O3/c1-31-17-5-3-2-4-14(17)16-12-18(21(22,23)24)29-19(27-16)15(13-26-29)20(30)25-6-7-28-8-10-32-11-9-28/h2-5,13,16,18,27H,6-12H2,1H3,(H,25,30). The fourth-order valence-electron chi connectivity index (χ4n) is 4.13. The molecular formula is C21H26F3N5O3. The van der Waals surface area contributed by atoms with Crippen molar-refractivity contribution < 1.29 is 27.4 Å². The quantitative estimate of drug-likeness (QED) is 0.700. The van der Waals surface area contributed by atoms with Crippen LogP contribution >= 0.6 is 0 Å². The van der Waals surface area contributed by atoms with E-state index in [0.29, 0.717) is 37.6 Å². The molecule has 0 radical (unpaired) electrons. The molecule has 0 spiro atoms. The summed E-state index contributed by atoms with van der Waals surface area (Å²) in [5.74, 6) is 0.0716. The van der Waals surface area contributed by atoms with Crippen molar-refractivity contribution in [3.63, 3.8) is 0 Å². The number of carbonyl (C=O) groups is 1. The first-order valence-electron chi connectivity index (χ1n) is 10.5. The van der Waals surface area contributed by atoms with E-state index in [1.54, 1.807) is 24.3 Å². The van der Waals surface area contributed by atoms with Gasteiger partial charge in [0.2, 0.25) is 0 Å². The minimum absolute atomic E-state index is 0.0540. The van der Waals surface area contributed by atoms with Crippen LogP contribution in [-0.2, 0) is 4.74 Å². The molecular weight excluding hydrogens is 427 g/mol. The van der Waals surface area contributed by atoms with Gasteiger partial charge in [-0.3, -0.25) is 9.69 Å². The third-order valence-electron chi connectivity index (χ3n) is 5.81. The molecule has 1 aromatic carbocycles. The molecule has 1 fully saturated rings. The highest BCUT2D eigenvalue weighted by molar-refractivity contribution is 5.98. The highest BCUT2D eigenvalue weighted by atomic mass is 19.4. The van der Waals surface area contributed by atoms with Crippen LogP contribution < -0.4 is 15.4 Å². The number of aromatic nitrogens is 2. The molecule has 2 N–H and O–H groups in total. The number of para-hydroxylation sites is 1. The number of hydrogen-bond donors (Lipinski definition) is 2. The van der Waals surface area contributed by atoms with Crippen LogP contribution in [0.5, 0.6) is 5.75 Å². The molecule has 2 aromatic rings. The van der Waals surface area contributed by atoms with Crippen LogP contribution in [0.15, 0.2) is 30.5 Å². The summed E-state index contributed by atoms with van der Waals surface area (Å²) < 4.78 is 53.1. The number of carbonyl (C=O) groups excluding carboxylic acids is 1. The maximum absolute atomic E-state index is 13.9. The summed E-state index contributed by atoms with van der Waals surface area (Å²) in [6.45, 7) is 3.89. The highest BCUT2D eigenvalue weighted by Crippen LogP contribution is 2.45. The molecule has 2 atom stereocenters. The number of nitrogens with zero attached hydrogens (tertiary/aromatic N) is 3. The maximum Gasteiger partial charge on any atom is 0.410 e. The van der Waals surface area contributed by atoms with Gasteiger partial charge in [0.1, 0.15) is 17.1 Å². The predicted octanol–water partition coefficient (Wildman–Crippen LogP) is 2.61. The van der Waals surface area contributed by atoms with E-state index in [1.165, 1.54) is 13.3 Å². The van der Waals surface area contributed by atoms with Crippen LogP contribution in [0.3, 0.4) is 0 Å². The lowest BCUT2D eigenvalue weighted by Crippen LogP contribution is -2.41. The van der Waals surface area contributed by atoms with E-state index >= 15 is 0 Å². The van der Waals surface area contributed by atoms with Crippen molar-refractivity contribution in [1.29, 1.82) is 0 Å². The number of alkyl halides is 3. The Bertz CT molecular complexity index is 943. The van der Waals surface area contributed by atoms with E-state index in [9.17, 15) is 18.0 Å². The summed E-state index contributed by atoms with van der Waals surface area (Å²) in [7, 11) is 1.47. The fraction of sp³-hybridized carbons (Fsp3) is 0.524. The summed E-state index contributed by atoms with van der Waals surface area (Å²) in [6.07, 6.45) is -3.60. The Morgan fingerprint density at radius 3 is 2.78 bits per heavy atom. The van der Waals surface area contributed by atoms with Crippen LogP contribution in [0.25, 0.3) is 0 Å². The normalized spacial score (nSPS) is 21.5. The van der Waals surface area contributed by atoms with Gasteiger partial charge in [0.15, 0.2) is 6.04 Å². The van der Waals surface area contributed by atoms with Crippen molar-refractivity contribution >= 4 is 11.7 Å². The summed E-state index contributed by atoms with van der Waals surface area (Å²) in [5.41, 5.74) is 0.677. The number of hydrogen-bond acceptors (Lipinski definition) is 6. The second-order valence-corrected chi connectivity index (χ2v) is 7.79. The van der Waals surface area contributed by atoms with Crippen LogP contribution in [0.4, 0.5) is 19.0 Å². The zero-order chi connectivity index (χ0) is 22.7. The summed E-state index contributed by atoms with van der Waals surface area (Å²) in [4.78, 5) is 14.9. The number of fused-ring (bicyclic) bond motifs is 1. The van der Waals surface area contributed by atoms with E-state index in [4.69, 9.17) is 9.47 Å². The first-order chi connectivity index (χ1) is 15.4. The molecule has 3 heterocycles. The number of methoxy groups -OCH3 is 1. The number of ether oxygens (including phenoxy) is 2. The number of anilines is 1. The molecule has 0 aliphatic carbocycles. The van der Waals surface area contributed by atoms with Crippen molar-refractivity contribution in [2.45, 2.75) is 24.7 Å². The van der Waals surface area contributed by atoms with Crippen molar-refractivity contribution in [3.05, 3.63) is 41.6 Å². The summed E-state index contributed by atoms with van der Waals surface area (Å²) in [6, 6.07) is 4.37. The van der Waals surface area contributed by atoms with Gasteiger partial charge in [-0.15, -0.1) is 0 Å². The minimum Gasteiger partial charge on any atom is -0.496 e. The molecule has 0 saturated carbocycles. The molecule has 1 aromatic heterocycles. The Morgan fingerprint density at radius 2 is 2.06 bits per heavy atom. The monoisotopic (exact) mass is 453 g/mol. The van der Waals surface area contributed by atoms with Gasteiger partial charge in [0.05, 0.1) is 32.6 Å². The number of nitrogens with one attached hydrogen (secondary N) is 2. The van der Waals surface area contributed by atoms with Crippen LogP contribution in [-0.4, -0.2) is 73.3 Å². The van der Waals surface area contributed by atoms with Gasteiger partial charge in [-0.2, -0.15) is 18.3 Å². The van der Waals surface area contributed by atoms with Gasteiger partial charge in [0.25, 0.3) is 5.91 Å². The van der Waals surface area contributed by atoms with Crippen molar-refractivity contribution in [2.24, 2.45) is 0 Å².